The van der Waals surface area contributed by atoms with E-state index >= 15 is 0 Å². The second-order valence-electron chi connectivity index (χ2n) is 6.23. The van der Waals surface area contributed by atoms with Gasteiger partial charge in [-0.25, -0.2) is 4.39 Å². The molecule has 0 aliphatic rings. The van der Waals surface area contributed by atoms with Gasteiger partial charge in [0.05, 0.1) is 11.6 Å². The summed E-state index contributed by atoms with van der Waals surface area (Å²) < 4.78 is 13.9. The minimum absolute atomic E-state index is 0.00827. The molecule has 1 rings (SSSR count). The molecule has 20 heavy (non-hydrogen) atoms. The van der Waals surface area contributed by atoms with Crippen LogP contribution in [0.25, 0.3) is 0 Å². The number of anilines is 1. The number of benzene rings is 1. The third-order valence-electron chi connectivity index (χ3n) is 3.22. The molecule has 0 bridgehead atoms. The number of hydrogen-bond acceptors (Lipinski definition) is 2. The Hall–Kier alpha value is -1.42. The van der Waals surface area contributed by atoms with Crippen molar-refractivity contribution in [3.63, 3.8) is 0 Å². The Bertz CT molecular complexity index is 454. The van der Waals surface area contributed by atoms with Crippen LogP contribution in [0.5, 0.6) is 0 Å². The summed E-state index contributed by atoms with van der Waals surface area (Å²) in [6.45, 7) is 8.77. The number of nitrogens with zero attached hydrogens (tertiary/aromatic N) is 1. The van der Waals surface area contributed by atoms with Gasteiger partial charge in [0.1, 0.15) is 5.82 Å². The van der Waals surface area contributed by atoms with Crippen LogP contribution < -0.4 is 10.6 Å². The first-order chi connectivity index (χ1) is 9.30. The number of para-hydroxylation sites is 1. The minimum Gasteiger partial charge on any atom is -0.330 e. The number of carbonyl (C=O) groups excluding carboxylic acids is 1. The van der Waals surface area contributed by atoms with E-state index < -0.39 is 0 Å². The SMILES string of the molecule is CCN(C(=O)C(CN)CC(C)(C)C)c1ccccc1F. The van der Waals surface area contributed by atoms with Crippen molar-refractivity contribution in [1.29, 1.82) is 0 Å². The zero-order chi connectivity index (χ0) is 15.3. The van der Waals surface area contributed by atoms with E-state index in [-0.39, 0.29) is 29.6 Å². The summed E-state index contributed by atoms with van der Waals surface area (Å²) in [5.41, 5.74) is 6.08. The average molecular weight is 280 g/mol. The second kappa shape index (κ2) is 6.84. The largest absolute Gasteiger partial charge is 0.330 e. The Kier molecular flexibility index (Phi) is 5.69. The van der Waals surface area contributed by atoms with Gasteiger partial charge in [0.2, 0.25) is 5.91 Å². The van der Waals surface area contributed by atoms with Crippen LogP contribution in [-0.4, -0.2) is 19.0 Å². The van der Waals surface area contributed by atoms with Gasteiger partial charge in [0, 0.05) is 13.1 Å². The fourth-order valence-electron chi connectivity index (χ4n) is 2.35. The zero-order valence-electron chi connectivity index (χ0n) is 12.8. The van der Waals surface area contributed by atoms with Crippen molar-refractivity contribution in [2.45, 2.75) is 34.1 Å². The highest BCUT2D eigenvalue weighted by Gasteiger charge is 2.28. The third-order valence-corrected chi connectivity index (χ3v) is 3.22. The lowest BCUT2D eigenvalue weighted by Gasteiger charge is -2.30. The van der Waals surface area contributed by atoms with Crippen molar-refractivity contribution in [2.75, 3.05) is 18.0 Å². The van der Waals surface area contributed by atoms with Gasteiger partial charge < -0.3 is 10.6 Å². The predicted molar refractivity (Wildman–Crippen MR) is 81.0 cm³/mol. The fourth-order valence-corrected chi connectivity index (χ4v) is 2.35. The number of nitrogens with two attached hydrogens (primary N) is 1. The first-order valence-corrected chi connectivity index (χ1v) is 7.06. The van der Waals surface area contributed by atoms with Crippen LogP contribution in [0.2, 0.25) is 0 Å². The van der Waals surface area contributed by atoms with Crippen LogP contribution in [0.1, 0.15) is 34.1 Å². The molecule has 0 fully saturated rings. The number of hydrogen-bond donors (Lipinski definition) is 1. The molecule has 0 heterocycles. The lowest BCUT2D eigenvalue weighted by atomic mass is 9.84. The standard InChI is InChI=1S/C16H25FN2O/c1-5-19(14-9-7-6-8-13(14)17)15(20)12(11-18)10-16(2,3)4/h6-9,12H,5,10-11,18H2,1-4H3. The molecule has 0 spiro atoms. The molecule has 112 valence electrons. The zero-order valence-corrected chi connectivity index (χ0v) is 12.8. The summed E-state index contributed by atoms with van der Waals surface area (Å²) in [5.74, 6) is -0.765. The molecule has 3 nitrogen and oxygen atoms in total. The van der Waals surface area contributed by atoms with Crippen molar-refractivity contribution in [3.8, 4) is 0 Å². The molecule has 0 saturated heterocycles. The number of carbonyl (C=O) groups is 1. The average Bonchev–Trinajstić information content (AvgIpc) is 2.37. The minimum atomic E-state index is -0.380. The van der Waals surface area contributed by atoms with Crippen LogP contribution in [0.4, 0.5) is 10.1 Å². The van der Waals surface area contributed by atoms with E-state index in [1.165, 1.54) is 11.0 Å². The molecule has 2 N–H and O–H groups in total. The number of halogens is 1. The number of amides is 1. The number of rotatable bonds is 5. The van der Waals surface area contributed by atoms with Crippen molar-refractivity contribution >= 4 is 11.6 Å². The van der Waals surface area contributed by atoms with Crippen molar-refractivity contribution in [2.24, 2.45) is 17.1 Å². The maximum absolute atomic E-state index is 13.9. The molecule has 0 aliphatic carbocycles. The molecule has 0 saturated carbocycles. The van der Waals surface area contributed by atoms with Gasteiger partial charge in [-0.1, -0.05) is 32.9 Å². The molecule has 1 aromatic rings. The highest BCUT2D eigenvalue weighted by molar-refractivity contribution is 5.95. The lowest BCUT2D eigenvalue weighted by molar-refractivity contribution is -0.123. The molecular weight excluding hydrogens is 255 g/mol. The third kappa shape index (κ3) is 4.30. The van der Waals surface area contributed by atoms with Crippen molar-refractivity contribution < 1.29 is 9.18 Å². The van der Waals surface area contributed by atoms with E-state index in [0.717, 1.165) is 0 Å². The maximum Gasteiger partial charge on any atom is 0.231 e. The molecule has 0 aliphatic heterocycles. The van der Waals surface area contributed by atoms with Crippen LogP contribution >= 0.6 is 0 Å². The van der Waals surface area contributed by atoms with Crippen LogP contribution in [0.3, 0.4) is 0 Å². The van der Waals surface area contributed by atoms with E-state index in [2.05, 4.69) is 20.8 Å². The van der Waals surface area contributed by atoms with Crippen LogP contribution in [-0.2, 0) is 4.79 Å². The monoisotopic (exact) mass is 280 g/mol. The molecule has 0 aromatic heterocycles. The van der Waals surface area contributed by atoms with Crippen LogP contribution in [0.15, 0.2) is 24.3 Å². The van der Waals surface area contributed by atoms with Crippen molar-refractivity contribution in [1.82, 2.24) is 0 Å². The summed E-state index contributed by atoms with van der Waals surface area (Å²) in [6.07, 6.45) is 0.688. The maximum atomic E-state index is 13.9. The molecule has 1 unspecified atom stereocenters. The van der Waals surface area contributed by atoms with Gasteiger partial charge in [-0.05, 0) is 30.9 Å². The summed E-state index contributed by atoms with van der Waals surface area (Å²) in [6, 6.07) is 6.34. The Morgan fingerprint density at radius 3 is 2.40 bits per heavy atom. The molecule has 1 atom stereocenters. The Morgan fingerprint density at radius 2 is 1.95 bits per heavy atom. The summed E-state index contributed by atoms with van der Waals surface area (Å²) in [7, 11) is 0. The lowest BCUT2D eigenvalue weighted by Crippen LogP contribution is -2.41. The van der Waals surface area contributed by atoms with Crippen LogP contribution in [0, 0.1) is 17.2 Å². The van der Waals surface area contributed by atoms with Gasteiger partial charge in [-0.2, -0.15) is 0 Å². The second-order valence-corrected chi connectivity index (χ2v) is 6.23. The molecule has 1 aromatic carbocycles. The van der Waals surface area contributed by atoms with E-state index in [1.807, 2.05) is 6.92 Å². The Morgan fingerprint density at radius 1 is 1.35 bits per heavy atom. The van der Waals surface area contributed by atoms with E-state index in [1.54, 1.807) is 18.2 Å². The quantitative estimate of drug-likeness (QED) is 0.900. The Labute approximate surface area is 121 Å². The van der Waals surface area contributed by atoms with E-state index in [0.29, 0.717) is 18.7 Å². The summed E-state index contributed by atoms with van der Waals surface area (Å²) in [4.78, 5) is 14.1. The molecule has 1 amide bonds. The molecule has 0 radical (unpaired) electrons. The van der Waals surface area contributed by atoms with Gasteiger partial charge in [-0.15, -0.1) is 0 Å². The molecule has 4 heteroatoms. The highest BCUT2D eigenvalue weighted by Crippen LogP contribution is 2.27. The van der Waals surface area contributed by atoms with Crippen molar-refractivity contribution in [3.05, 3.63) is 30.1 Å². The summed E-state index contributed by atoms with van der Waals surface area (Å²) in [5, 5.41) is 0. The topological polar surface area (TPSA) is 46.3 Å². The highest BCUT2D eigenvalue weighted by atomic mass is 19.1. The first-order valence-electron chi connectivity index (χ1n) is 7.06. The van der Waals surface area contributed by atoms with E-state index in [9.17, 15) is 9.18 Å². The van der Waals surface area contributed by atoms with Gasteiger partial charge in [0.15, 0.2) is 0 Å². The Balaban J connectivity index is 2.99. The smallest absolute Gasteiger partial charge is 0.231 e. The summed E-state index contributed by atoms with van der Waals surface area (Å²) >= 11 is 0. The van der Waals surface area contributed by atoms with Gasteiger partial charge >= 0.3 is 0 Å². The fraction of sp³-hybridized carbons (Fsp3) is 0.562. The van der Waals surface area contributed by atoms with Gasteiger partial charge in [0.25, 0.3) is 0 Å². The predicted octanol–water partition coefficient (Wildman–Crippen LogP) is 3.19. The first kappa shape index (κ1) is 16.6. The normalized spacial score (nSPS) is 13.1. The van der Waals surface area contributed by atoms with Gasteiger partial charge in [-0.3, -0.25) is 4.79 Å². The van der Waals surface area contributed by atoms with E-state index in [4.69, 9.17) is 5.73 Å². The molecular formula is C16H25FN2O.